The van der Waals surface area contributed by atoms with Gasteiger partial charge in [0.2, 0.25) is 0 Å². The van der Waals surface area contributed by atoms with Crippen LogP contribution in [0.5, 0.6) is 11.5 Å². The first-order valence-electron chi connectivity index (χ1n) is 8.10. The molecular weight excluding hydrogens is 418 g/mol. The van der Waals surface area contributed by atoms with E-state index in [2.05, 4.69) is 0 Å². The number of amides is 1. The third-order valence-electron chi connectivity index (χ3n) is 3.89. The smallest absolute Gasteiger partial charge is 0.306 e. The third kappa shape index (κ3) is 4.37. The normalized spacial score (nSPS) is 16.0. The van der Waals surface area contributed by atoms with Gasteiger partial charge in [-0.15, -0.1) is 0 Å². The molecule has 6 nitrogen and oxygen atoms in total. The zero-order valence-corrected chi connectivity index (χ0v) is 17.8. The van der Waals surface area contributed by atoms with E-state index in [1.807, 2.05) is 31.2 Å². The number of ether oxygens (including phenoxy) is 1. The van der Waals surface area contributed by atoms with Gasteiger partial charge in [0.05, 0.1) is 24.0 Å². The number of thiocarbonyl (C=S) groups is 1. The predicted octanol–water partition coefficient (Wildman–Crippen LogP) is 3.75. The van der Waals surface area contributed by atoms with Crippen LogP contribution in [0.4, 0.5) is 5.69 Å². The predicted molar refractivity (Wildman–Crippen MR) is 115 cm³/mol. The Balaban J connectivity index is 2.03. The van der Waals surface area contributed by atoms with E-state index < -0.39 is 10.1 Å². The van der Waals surface area contributed by atoms with Gasteiger partial charge in [0.25, 0.3) is 5.91 Å². The fourth-order valence-corrected chi connectivity index (χ4v) is 4.39. The Labute approximate surface area is 173 Å². The van der Waals surface area contributed by atoms with Crippen LogP contribution in [0.1, 0.15) is 11.1 Å². The van der Waals surface area contributed by atoms with Crippen molar-refractivity contribution in [2.24, 2.45) is 0 Å². The number of aryl methyl sites for hydroxylation is 1. The summed E-state index contributed by atoms with van der Waals surface area (Å²) in [5.41, 5.74) is 2.03. The van der Waals surface area contributed by atoms with E-state index in [0.29, 0.717) is 26.2 Å². The maximum absolute atomic E-state index is 13.0. The molecule has 0 atom stereocenters. The molecule has 28 heavy (non-hydrogen) atoms. The number of rotatable bonds is 5. The molecule has 2 aromatic carbocycles. The third-order valence-corrected chi connectivity index (χ3v) is 5.68. The van der Waals surface area contributed by atoms with Crippen molar-refractivity contribution in [1.29, 1.82) is 0 Å². The molecule has 1 fully saturated rings. The van der Waals surface area contributed by atoms with Crippen molar-refractivity contribution in [2.75, 3.05) is 18.3 Å². The van der Waals surface area contributed by atoms with Crippen LogP contribution < -0.4 is 13.8 Å². The summed E-state index contributed by atoms with van der Waals surface area (Å²) in [7, 11) is -2.24. The Hall–Kier alpha value is -2.36. The van der Waals surface area contributed by atoms with Gasteiger partial charge in [-0.2, -0.15) is 8.42 Å². The van der Waals surface area contributed by atoms with E-state index in [1.165, 1.54) is 18.1 Å². The number of hydrogen-bond acceptors (Lipinski definition) is 7. The molecule has 0 unspecified atom stereocenters. The number of anilines is 1. The quantitative estimate of drug-likeness (QED) is 0.402. The summed E-state index contributed by atoms with van der Waals surface area (Å²) in [4.78, 5) is 14.8. The molecule has 0 bridgehead atoms. The number of carbonyl (C=O) groups is 1. The van der Waals surface area contributed by atoms with Crippen LogP contribution in [-0.4, -0.2) is 32.0 Å². The molecule has 9 heteroatoms. The number of para-hydroxylation sites is 1. The lowest BCUT2D eigenvalue weighted by Gasteiger charge is -2.16. The Kier molecular flexibility index (Phi) is 5.78. The van der Waals surface area contributed by atoms with Gasteiger partial charge in [-0.3, -0.25) is 9.69 Å². The average molecular weight is 436 g/mol. The molecule has 0 aromatic heterocycles. The molecule has 1 aliphatic heterocycles. The first-order valence-corrected chi connectivity index (χ1v) is 11.1. The second kappa shape index (κ2) is 7.94. The van der Waals surface area contributed by atoms with Crippen LogP contribution >= 0.6 is 24.0 Å². The van der Waals surface area contributed by atoms with E-state index in [4.69, 9.17) is 21.1 Å². The number of thioether (sulfide) groups is 1. The Morgan fingerprint density at radius 2 is 1.89 bits per heavy atom. The molecule has 0 N–H and O–H groups in total. The van der Waals surface area contributed by atoms with Crippen LogP contribution in [0, 0.1) is 6.92 Å². The summed E-state index contributed by atoms with van der Waals surface area (Å²) >= 11 is 6.54. The summed E-state index contributed by atoms with van der Waals surface area (Å²) in [5, 5.41) is 0. The van der Waals surface area contributed by atoms with Gasteiger partial charge < -0.3 is 8.92 Å². The van der Waals surface area contributed by atoms with Gasteiger partial charge in [0, 0.05) is 5.56 Å². The highest BCUT2D eigenvalue weighted by Gasteiger charge is 2.34. The minimum absolute atomic E-state index is 0.101. The fourth-order valence-electron chi connectivity index (χ4n) is 2.64. The zero-order chi connectivity index (χ0) is 20.5. The van der Waals surface area contributed by atoms with E-state index in [0.717, 1.165) is 23.6 Å². The Morgan fingerprint density at radius 3 is 2.54 bits per heavy atom. The average Bonchev–Trinajstić information content (AvgIpc) is 2.89. The van der Waals surface area contributed by atoms with Crippen molar-refractivity contribution < 1.29 is 22.1 Å². The highest BCUT2D eigenvalue weighted by molar-refractivity contribution is 8.27. The highest BCUT2D eigenvalue weighted by atomic mass is 32.2. The van der Waals surface area contributed by atoms with Crippen molar-refractivity contribution in [3.05, 3.63) is 58.5 Å². The van der Waals surface area contributed by atoms with Crippen molar-refractivity contribution in [2.45, 2.75) is 6.92 Å². The van der Waals surface area contributed by atoms with Crippen LogP contribution in [0.2, 0.25) is 0 Å². The molecule has 0 radical (unpaired) electrons. The topological polar surface area (TPSA) is 72.9 Å². The minimum Gasteiger partial charge on any atom is -0.497 e. The van der Waals surface area contributed by atoms with Crippen LogP contribution in [0.3, 0.4) is 0 Å². The van der Waals surface area contributed by atoms with Crippen molar-refractivity contribution in [1.82, 2.24) is 0 Å². The molecule has 1 saturated heterocycles. The molecule has 0 spiro atoms. The van der Waals surface area contributed by atoms with E-state index in [1.54, 1.807) is 18.2 Å². The molecule has 0 aliphatic carbocycles. The fraction of sp³-hybridized carbons (Fsp3) is 0.158. The van der Waals surface area contributed by atoms with Crippen LogP contribution in [0.25, 0.3) is 6.08 Å². The summed E-state index contributed by atoms with van der Waals surface area (Å²) < 4.78 is 33.8. The maximum Gasteiger partial charge on any atom is 0.306 e. The number of benzene rings is 2. The zero-order valence-electron chi connectivity index (χ0n) is 15.3. The molecular formula is C19H17NO5S3. The molecule has 1 heterocycles. The van der Waals surface area contributed by atoms with Gasteiger partial charge in [-0.25, -0.2) is 0 Å². The van der Waals surface area contributed by atoms with Gasteiger partial charge in [-0.05, 0) is 42.8 Å². The molecule has 1 amide bonds. The standard InChI is InChI=1S/C19H17NO5S3/c1-12-6-4-5-7-15(12)20-18(21)17(27-19(20)26)11-13-10-14(24-2)8-9-16(13)25-28(3,22)23/h4-11H,1-3H3/b17-11-. The largest absolute Gasteiger partial charge is 0.497 e. The van der Waals surface area contributed by atoms with Gasteiger partial charge in [0.15, 0.2) is 4.32 Å². The van der Waals surface area contributed by atoms with Crippen molar-refractivity contribution >= 4 is 56.1 Å². The summed E-state index contributed by atoms with van der Waals surface area (Å²) in [6.07, 6.45) is 2.51. The van der Waals surface area contributed by atoms with Crippen molar-refractivity contribution in [3.63, 3.8) is 0 Å². The first kappa shape index (κ1) is 20.4. The molecule has 0 saturated carbocycles. The molecule has 1 aliphatic rings. The molecule has 3 rings (SSSR count). The second-order valence-electron chi connectivity index (χ2n) is 5.99. The second-order valence-corrected chi connectivity index (χ2v) is 9.25. The van der Waals surface area contributed by atoms with Gasteiger partial charge in [0.1, 0.15) is 11.5 Å². The van der Waals surface area contributed by atoms with Crippen LogP contribution in [0.15, 0.2) is 47.4 Å². The van der Waals surface area contributed by atoms with Crippen LogP contribution in [-0.2, 0) is 14.9 Å². The monoisotopic (exact) mass is 435 g/mol. The summed E-state index contributed by atoms with van der Waals surface area (Å²) in [6, 6.07) is 12.1. The lowest BCUT2D eigenvalue weighted by Crippen LogP contribution is -2.28. The van der Waals surface area contributed by atoms with E-state index in [9.17, 15) is 13.2 Å². The lowest BCUT2D eigenvalue weighted by molar-refractivity contribution is -0.113. The van der Waals surface area contributed by atoms with Crippen molar-refractivity contribution in [3.8, 4) is 11.5 Å². The minimum atomic E-state index is -3.73. The van der Waals surface area contributed by atoms with E-state index >= 15 is 0 Å². The van der Waals surface area contributed by atoms with Gasteiger partial charge in [-0.1, -0.05) is 42.2 Å². The number of nitrogens with zero attached hydrogens (tertiary/aromatic N) is 1. The Morgan fingerprint density at radius 1 is 1.18 bits per heavy atom. The maximum atomic E-state index is 13.0. The number of methoxy groups -OCH3 is 1. The van der Waals surface area contributed by atoms with Gasteiger partial charge >= 0.3 is 10.1 Å². The lowest BCUT2D eigenvalue weighted by atomic mass is 10.1. The summed E-state index contributed by atoms with van der Waals surface area (Å²) in [6.45, 7) is 1.90. The number of hydrogen-bond donors (Lipinski definition) is 0. The summed E-state index contributed by atoms with van der Waals surface area (Å²) in [5.74, 6) is 0.323. The highest BCUT2D eigenvalue weighted by Crippen LogP contribution is 2.38. The first-order chi connectivity index (χ1) is 13.2. The number of carbonyl (C=O) groups excluding carboxylic acids is 1. The van der Waals surface area contributed by atoms with E-state index in [-0.39, 0.29) is 11.7 Å². The SMILES string of the molecule is COc1ccc(OS(C)(=O)=O)c(/C=C2\SC(=S)N(c3ccccc3C)C2=O)c1. The molecule has 146 valence electrons. The molecule has 2 aromatic rings. The Bertz CT molecular complexity index is 1090.